The normalized spacial score (nSPS) is 15.1. The van der Waals surface area contributed by atoms with Gasteiger partial charge in [0, 0.05) is 6.42 Å². The summed E-state index contributed by atoms with van der Waals surface area (Å²) in [7, 11) is 1.65. The van der Waals surface area contributed by atoms with E-state index >= 15 is 0 Å². The summed E-state index contributed by atoms with van der Waals surface area (Å²) >= 11 is 0. The maximum Gasteiger partial charge on any atom is 0.161 e. The standard InChI is InChI=1S/C14H18O3/c1-16-14-10-11(4-3-9-15)7-8-13(14)17-12-5-2-6-12/h7-10,12H,2-6H2,1H3. The Morgan fingerprint density at radius 3 is 2.76 bits per heavy atom. The quantitative estimate of drug-likeness (QED) is 0.710. The molecule has 0 aliphatic heterocycles. The van der Waals surface area contributed by atoms with Gasteiger partial charge in [-0.05, 0) is 43.4 Å². The van der Waals surface area contributed by atoms with Gasteiger partial charge in [-0.25, -0.2) is 0 Å². The fraction of sp³-hybridized carbons (Fsp3) is 0.500. The third-order valence-electron chi connectivity index (χ3n) is 3.12. The van der Waals surface area contributed by atoms with E-state index in [2.05, 4.69) is 0 Å². The first kappa shape index (κ1) is 12.0. The summed E-state index contributed by atoms with van der Waals surface area (Å²) in [6.45, 7) is 0. The lowest BCUT2D eigenvalue weighted by Gasteiger charge is -2.27. The molecular formula is C14H18O3. The van der Waals surface area contributed by atoms with Crippen molar-refractivity contribution in [1.29, 1.82) is 0 Å². The smallest absolute Gasteiger partial charge is 0.161 e. The van der Waals surface area contributed by atoms with Crippen LogP contribution in [0.2, 0.25) is 0 Å². The fourth-order valence-electron chi connectivity index (χ4n) is 1.86. The van der Waals surface area contributed by atoms with E-state index in [1.54, 1.807) is 7.11 Å². The molecule has 17 heavy (non-hydrogen) atoms. The lowest BCUT2D eigenvalue weighted by molar-refractivity contribution is -0.107. The minimum absolute atomic E-state index is 0.352. The molecular weight excluding hydrogens is 216 g/mol. The van der Waals surface area contributed by atoms with Gasteiger partial charge in [0.2, 0.25) is 0 Å². The Morgan fingerprint density at radius 2 is 2.18 bits per heavy atom. The van der Waals surface area contributed by atoms with Gasteiger partial charge in [0.25, 0.3) is 0 Å². The number of aldehydes is 1. The van der Waals surface area contributed by atoms with Crippen LogP contribution in [0.25, 0.3) is 0 Å². The fourth-order valence-corrected chi connectivity index (χ4v) is 1.86. The summed E-state index contributed by atoms with van der Waals surface area (Å²) in [5.41, 5.74) is 1.11. The highest BCUT2D eigenvalue weighted by atomic mass is 16.5. The van der Waals surface area contributed by atoms with Crippen molar-refractivity contribution in [2.75, 3.05) is 7.11 Å². The Balaban J connectivity index is 2.06. The Hall–Kier alpha value is -1.51. The molecule has 1 aliphatic rings. The number of benzene rings is 1. The van der Waals surface area contributed by atoms with Crippen LogP contribution in [-0.4, -0.2) is 19.5 Å². The minimum Gasteiger partial charge on any atom is -0.493 e. The van der Waals surface area contributed by atoms with Gasteiger partial charge in [-0.3, -0.25) is 0 Å². The van der Waals surface area contributed by atoms with E-state index in [4.69, 9.17) is 9.47 Å². The topological polar surface area (TPSA) is 35.5 Å². The Bertz CT molecular complexity index is 383. The maximum absolute atomic E-state index is 10.3. The average Bonchev–Trinajstić information content (AvgIpc) is 2.31. The molecule has 1 saturated carbocycles. The lowest BCUT2D eigenvalue weighted by atomic mass is 9.96. The zero-order valence-electron chi connectivity index (χ0n) is 10.1. The van der Waals surface area contributed by atoms with Crippen molar-refractivity contribution in [1.82, 2.24) is 0 Å². The summed E-state index contributed by atoms with van der Waals surface area (Å²) in [6, 6.07) is 5.90. The van der Waals surface area contributed by atoms with Gasteiger partial charge in [0.15, 0.2) is 11.5 Å². The zero-order valence-corrected chi connectivity index (χ0v) is 10.1. The number of ether oxygens (including phenoxy) is 2. The van der Waals surface area contributed by atoms with Crippen molar-refractivity contribution in [3.05, 3.63) is 23.8 Å². The summed E-state index contributed by atoms with van der Waals surface area (Å²) in [6.07, 6.45) is 6.11. The third-order valence-corrected chi connectivity index (χ3v) is 3.12. The molecule has 1 aliphatic carbocycles. The van der Waals surface area contributed by atoms with Crippen LogP contribution in [0.5, 0.6) is 11.5 Å². The first-order valence-electron chi connectivity index (χ1n) is 6.10. The Kier molecular flexibility index (Phi) is 4.02. The SMILES string of the molecule is COc1cc(CCC=O)ccc1OC1CCC1. The molecule has 0 amide bonds. The van der Waals surface area contributed by atoms with Crippen LogP contribution < -0.4 is 9.47 Å². The molecule has 0 aromatic heterocycles. The van der Waals surface area contributed by atoms with Crippen LogP contribution in [0.1, 0.15) is 31.2 Å². The van der Waals surface area contributed by atoms with E-state index in [1.165, 1.54) is 6.42 Å². The minimum atomic E-state index is 0.352. The highest BCUT2D eigenvalue weighted by Crippen LogP contribution is 2.33. The second kappa shape index (κ2) is 5.71. The van der Waals surface area contributed by atoms with Gasteiger partial charge in [0.05, 0.1) is 13.2 Å². The zero-order chi connectivity index (χ0) is 12.1. The number of carbonyl (C=O) groups excluding carboxylic acids is 1. The highest BCUT2D eigenvalue weighted by Gasteiger charge is 2.20. The molecule has 0 radical (unpaired) electrons. The van der Waals surface area contributed by atoms with Gasteiger partial charge in [0.1, 0.15) is 6.29 Å². The van der Waals surface area contributed by atoms with E-state index in [9.17, 15) is 4.79 Å². The molecule has 3 nitrogen and oxygen atoms in total. The molecule has 3 heteroatoms. The van der Waals surface area contributed by atoms with Crippen LogP contribution in [0.3, 0.4) is 0 Å². The summed E-state index contributed by atoms with van der Waals surface area (Å²) in [4.78, 5) is 10.3. The van der Waals surface area contributed by atoms with Crippen molar-refractivity contribution in [3.63, 3.8) is 0 Å². The van der Waals surface area contributed by atoms with Crippen LogP contribution in [0.4, 0.5) is 0 Å². The van der Waals surface area contributed by atoms with Crippen molar-refractivity contribution >= 4 is 6.29 Å². The van der Waals surface area contributed by atoms with Crippen LogP contribution in [0, 0.1) is 0 Å². The second-order valence-corrected chi connectivity index (χ2v) is 4.36. The first-order valence-corrected chi connectivity index (χ1v) is 6.10. The van der Waals surface area contributed by atoms with Gasteiger partial charge in [-0.1, -0.05) is 6.07 Å². The first-order chi connectivity index (χ1) is 8.33. The molecule has 1 aromatic rings. The predicted octanol–water partition coefficient (Wildman–Crippen LogP) is 2.76. The van der Waals surface area contributed by atoms with Crippen LogP contribution >= 0.6 is 0 Å². The maximum atomic E-state index is 10.3. The summed E-state index contributed by atoms with van der Waals surface area (Å²) in [5.74, 6) is 1.58. The molecule has 2 rings (SSSR count). The molecule has 0 bridgehead atoms. The molecule has 92 valence electrons. The van der Waals surface area contributed by atoms with Crippen molar-refractivity contribution in [3.8, 4) is 11.5 Å². The van der Waals surface area contributed by atoms with Gasteiger partial charge < -0.3 is 14.3 Å². The monoisotopic (exact) mass is 234 g/mol. The molecule has 1 fully saturated rings. The molecule has 0 atom stereocenters. The number of aryl methyl sites for hydroxylation is 1. The predicted molar refractivity (Wildman–Crippen MR) is 65.6 cm³/mol. The molecule has 0 spiro atoms. The van der Waals surface area contributed by atoms with E-state index in [1.807, 2.05) is 18.2 Å². The molecule has 0 N–H and O–H groups in total. The van der Waals surface area contributed by atoms with Crippen LogP contribution in [-0.2, 0) is 11.2 Å². The molecule has 0 saturated heterocycles. The number of hydrogen-bond donors (Lipinski definition) is 0. The van der Waals surface area contributed by atoms with E-state index in [0.29, 0.717) is 12.5 Å². The number of carbonyl (C=O) groups is 1. The summed E-state index contributed by atoms with van der Waals surface area (Å²) < 4.78 is 11.2. The Labute approximate surface area is 102 Å². The van der Waals surface area contributed by atoms with Crippen molar-refractivity contribution < 1.29 is 14.3 Å². The van der Waals surface area contributed by atoms with Gasteiger partial charge in [-0.2, -0.15) is 0 Å². The number of methoxy groups -OCH3 is 1. The van der Waals surface area contributed by atoms with Gasteiger partial charge >= 0.3 is 0 Å². The summed E-state index contributed by atoms with van der Waals surface area (Å²) in [5, 5.41) is 0. The van der Waals surface area contributed by atoms with Crippen molar-refractivity contribution in [2.45, 2.75) is 38.2 Å². The third kappa shape index (κ3) is 2.99. The molecule has 0 heterocycles. The van der Waals surface area contributed by atoms with Crippen molar-refractivity contribution in [2.24, 2.45) is 0 Å². The number of hydrogen-bond acceptors (Lipinski definition) is 3. The Morgan fingerprint density at radius 1 is 1.35 bits per heavy atom. The van der Waals surface area contributed by atoms with E-state index < -0.39 is 0 Å². The van der Waals surface area contributed by atoms with E-state index in [-0.39, 0.29) is 0 Å². The average molecular weight is 234 g/mol. The number of rotatable bonds is 6. The largest absolute Gasteiger partial charge is 0.493 e. The molecule has 1 aromatic carbocycles. The second-order valence-electron chi connectivity index (χ2n) is 4.36. The van der Waals surface area contributed by atoms with Crippen LogP contribution in [0.15, 0.2) is 18.2 Å². The highest BCUT2D eigenvalue weighted by molar-refractivity contribution is 5.51. The molecule has 0 unspecified atom stereocenters. The van der Waals surface area contributed by atoms with Gasteiger partial charge in [-0.15, -0.1) is 0 Å². The van der Waals surface area contributed by atoms with E-state index in [0.717, 1.165) is 42.6 Å². The lowest BCUT2D eigenvalue weighted by Crippen LogP contribution is -2.24.